The fraction of sp³-hybridized carbons (Fsp3) is 0.250. The van der Waals surface area contributed by atoms with Crippen LogP contribution in [0.4, 0.5) is 0 Å². The Kier molecular flexibility index (Phi) is 3.52. The van der Waals surface area contributed by atoms with E-state index >= 15 is 0 Å². The molecule has 0 rings (SSSR count). The molecule has 0 radical (unpaired) electrons. The van der Waals surface area contributed by atoms with Gasteiger partial charge in [0.15, 0.2) is 0 Å². The average Bonchev–Trinajstić information content (AvgIpc) is 1.61. The van der Waals surface area contributed by atoms with E-state index in [-0.39, 0.29) is 0 Å². The molecular formula is C4H5NO. The van der Waals surface area contributed by atoms with Crippen LogP contribution >= 0.6 is 0 Å². The molecule has 0 aliphatic carbocycles. The molecule has 0 aliphatic heterocycles. The summed E-state index contributed by atoms with van der Waals surface area (Å²) in [5.74, 6) is 1.54. The fourth-order valence-corrected chi connectivity index (χ4v) is 0.105. The first-order valence-corrected chi connectivity index (χ1v) is 1.53. The third kappa shape index (κ3) is 3.12. The molecule has 0 spiro atoms. The van der Waals surface area contributed by atoms with Crippen LogP contribution in [0.2, 0.25) is 0 Å². The number of aliphatic imine (C=N–C) groups is 1. The van der Waals surface area contributed by atoms with E-state index in [1.54, 1.807) is 13.0 Å². The number of hydrogen-bond acceptors (Lipinski definition) is 2. The van der Waals surface area contributed by atoms with Crippen molar-refractivity contribution in [3.05, 3.63) is 6.08 Å². The first kappa shape index (κ1) is 5.12. The Balaban J connectivity index is 3.33. The van der Waals surface area contributed by atoms with Crippen molar-refractivity contribution in [1.82, 2.24) is 0 Å². The van der Waals surface area contributed by atoms with Crippen molar-refractivity contribution in [1.29, 1.82) is 0 Å². The van der Waals surface area contributed by atoms with E-state index in [2.05, 4.69) is 4.99 Å². The molecule has 2 heteroatoms. The third-order valence-electron chi connectivity index (χ3n) is 0.292. The third-order valence-corrected chi connectivity index (χ3v) is 0.292. The van der Waals surface area contributed by atoms with Crippen molar-refractivity contribution in [3.63, 3.8) is 0 Å². The van der Waals surface area contributed by atoms with Crippen molar-refractivity contribution in [2.75, 3.05) is 7.05 Å². The molecule has 0 saturated heterocycles. The van der Waals surface area contributed by atoms with Gasteiger partial charge in [0.05, 0.1) is 0 Å². The minimum atomic E-state index is 1.21. The summed E-state index contributed by atoms with van der Waals surface area (Å²) in [7, 11) is 1.59. The molecule has 0 fully saturated rings. The van der Waals surface area contributed by atoms with Gasteiger partial charge >= 0.3 is 0 Å². The molecule has 6 heavy (non-hydrogen) atoms. The van der Waals surface area contributed by atoms with Crippen molar-refractivity contribution in [3.8, 4) is 0 Å². The zero-order valence-electron chi connectivity index (χ0n) is 3.51. The summed E-state index contributed by atoms with van der Waals surface area (Å²) in [6.07, 6.45) is 2.59. The molecule has 0 N–H and O–H groups in total. The van der Waals surface area contributed by atoms with Crippen LogP contribution in [0.3, 0.4) is 0 Å². The number of hydrogen-bond donors (Lipinski definition) is 0. The second kappa shape index (κ2) is 4.12. The van der Waals surface area contributed by atoms with E-state index in [0.717, 1.165) is 0 Å². The second-order valence-electron chi connectivity index (χ2n) is 0.692. The van der Waals surface area contributed by atoms with Gasteiger partial charge in [-0.25, -0.2) is 4.79 Å². The zero-order chi connectivity index (χ0) is 4.83. The Labute approximate surface area is 36.2 Å². The van der Waals surface area contributed by atoms with E-state index in [9.17, 15) is 4.79 Å². The maximum atomic E-state index is 9.29. The van der Waals surface area contributed by atoms with Gasteiger partial charge in [-0.1, -0.05) is 0 Å². The van der Waals surface area contributed by atoms with Crippen molar-refractivity contribution >= 4 is 12.2 Å². The van der Waals surface area contributed by atoms with Crippen LogP contribution in [0, 0.1) is 0 Å². The Morgan fingerprint density at radius 3 is 2.67 bits per heavy atom. The topological polar surface area (TPSA) is 29.4 Å². The maximum absolute atomic E-state index is 9.29. The normalized spacial score (nSPS) is 8.17. The molecule has 32 valence electrons. The Hall–Kier alpha value is -0.880. The lowest BCUT2D eigenvalue weighted by atomic mass is 10.7. The summed E-state index contributed by atoms with van der Waals surface area (Å²) in [6.45, 7) is 0. The molecule has 0 aromatic rings. The lowest BCUT2D eigenvalue weighted by Crippen LogP contribution is -1.58. The van der Waals surface area contributed by atoms with Crippen molar-refractivity contribution in [2.24, 2.45) is 4.99 Å². The van der Waals surface area contributed by atoms with E-state index in [1.165, 1.54) is 12.3 Å². The first-order valence-electron chi connectivity index (χ1n) is 1.53. The predicted molar refractivity (Wildman–Crippen MR) is 24.7 cm³/mol. The van der Waals surface area contributed by atoms with Gasteiger partial charge in [-0.15, -0.1) is 0 Å². The lowest BCUT2D eigenvalue weighted by Gasteiger charge is -1.56. The number of nitrogens with zero attached hydrogens (tertiary/aromatic N) is 1. The molecule has 0 bridgehead atoms. The minimum Gasteiger partial charge on any atom is -0.296 e. The lowest BCUT2D eigenvalue weighted by molar-refractivity contribution is 0.569. The number of carbonyl (C=O) groups excluding carboxylic acids is 1. The van der Waals surface area contributed by atoms with Crippen molar-refractivity contribution < 1.29 is 4.79 Å². The van der Waals surface area contributed by atoms with Gasteiger partial charge < -0.3 is 0 Å². The van der Waals surface area contributed by atoms with Crippen LogP contribution in [0.15, 0.2) is 11.1 Å². The minimum absolute atomic E-state index is 1.21. The highest BCUT2D eigenvalue weighted by molar-refractivity contribution is 5.81. The summed E-state index contributed by atoms with van der Waals surface area (Å²) in [5, 5.41) is 0. The van der Waals surface area contributed by atoms with E-state index in [0.29, 0.717) is 0 Å². The monoisotopic (exact) mass is 83.0 g/mol. The second-order valence-corrected chi connectivity index (χ2v) is 0.692. The standard InChI is InChI=1S/C4H5NO/c1-5-3-2-4-6/h2-3H,1H3. The highest BCUT2D eigenvalue weighted by atomic mass is 16.1. The largest absolute Gasteiger partial charge is 0.296 e. The van der Waals surface area contributed by atoms with Gasteiger partial charge in [-0.05, 0) is 0 Å². The van der Waals surface area contributed by atoms with Crippen LogP contribution in [-0.4, -0.2) is 19.2 Å². The van der Waals surface area contributed by atoms with Crippen molar-refractivity contribution in [2.45, 2.75) is 0 Å². The van der Waals surface area contributed by atoms with Crippen LogP contribution in [0.25, 0.3) is 0 Å². The quantitative estimate of drug-likeness (QED) is 0.326. The zero-order valence-corrected chi connectivity index (χ0v) is 3.51. The average molecular weight is 83.1 g/mol. The smallest absolute Gasteiger partial charge is 0.126 e. The molecule has 0 unspecified atom stereocenters. The summed E-state index contributed by atoms with van der Waals surface area (Å²) < 4.78 is 0. The molecular weight excluding hydrogens is 78.0 g/mol. The highest BCUT2D eigenvalue weighted by Crippen LogP contribution is 1.48. The Morgan fingerprint density at radius 2 is 2.50 bits per heavy atom. The predicted octanol–water partition coefficient (Wildman–Crippen LogP) is 0.0748. The Morgan fingerprint density at radius 1 is 1.83 bits per heavy atom. The summed E-state index contributed by atoms with van der Waals surface area (Å²) >= 11 is 0. The molecule has 0 aliphatic rings. The van der Waals surface area contributed by atoms with Gasteiger partial charge in [0, 0.05) is 19.3 Å². The van der Waals surface area contributed by atoms with Gasteiger partial charge in [0.2, 0.25) is 0 Å². The first-order chi connectivity index (χ1) is 2.91. The maximum Gasteiger partial charge on any atom is 0.126 e. The molecule has 0 atom stereocenters. The molecule has 0 heterocycles. The molecule has 0 amide bonds. The van der Waals surface area contributed by atoms with E-state index in [4.69, 9.17) is 0 Å². The van der Waals surface area contributed by atoms with Crippen LogP contribution < -0.4 is 0 Å². The van der Waals surface area contributed by atoms with Crippen LogP contribution in [-0.2, 0) is 4.79 Å². The van der Waals surface area contributed by atoms with Gasteiger partial charge in [-0.3, -0.25) is 4.99 Å². The summed E-state index contributed by atoms with van der Waals surface area (Å²) in [6, 6.07) is 0. The summed E-state index contributed by atoms with van der Waals surface area (Å²) in [5.41, 5.74) is 0. The SMILES string of the molecule is CN=CC=C=O. The highest BCUT2D eigenvalue weighted by Gasteiger charge is 1.50. The number of allylic oxidation sites excluding steroid dienone is 1. The summed E-state index contributed by atoms with van der Waals surface area (Å²) in [4.78, 5) is 12.8. The van der Waals surface area contributed by atoms with E-state index in [1.807, 2.05) is 0 Å². The van der Waals surface area contributed by atoms with Gasteiger partial charge in [0.1, 0.15) is 5.94 Å². The fourth-order valence-electron chi connectivity index (χ4n) is 0.105. The Bertz CT molecular complexity index is 89.7. The van der Waals surface area contributed by atoms with Crippen LogP contribution in [0.5, 0.6) is 0 Å². The van der Waals surface area contributed by atoms with Gasteiger partial charge in [-0.2, -0.15) is 0 Å². The molecule has 0 aromatic heterocycles. The van der Waals surface area contributed by atoms with Crippen LogP contribution in [0.1, 0.15) is 0 Å². The molecule has 0 aromatic carbocycles. The van der Waals surface area contributed by atoms with E-state index < -0.39 is 0 Å². The molecule has 2 nitrogen and oxygen atoms in total. The number of rotatable bonds is 1. The van der Waals surface area contributed by atoms with Gasteiger partial charge in [0.25, 0.3) is 0 Å². The molecule has 0 saturated carbocycles.